The van der Waals surface area contributed by atoms with Crippen molar-refractivity contribution in [2.24, 2.45) is 5.10 Å². The number of amides is 1. The van der Waals surface area contributed by atoms with Crippen molar-refractivity contribution >= 4 is 12.1 Å². The minimum Gasteiger partial charge on any atom is -0.507 e. The van der Waals surface area contributed by atoms with Crippen LogP contribution in [-0.2, 0) is 4.79 Å². The summed E-state index contributed by atoms with van der Waals surface area (Å²) in [7, 11) is 0. The van der Waals surface area contributed by atoms with Crippen LogP contribution in [0.4, 0.5) is 0 Å². The Morgan fingerprint density at radius 3 is 2.60 bits per heavy atom. The predicted molar refractivity (Wildman–Crippen MR) is 99.2 cm³/mol. The standard InChI is InChI=1S/C20H24N2O3/c1-13(2)16-10-9-14(3)19(11-16)25-15(4)20(24)22-21-12-17-7-5-6-8-18(17)23/h5-13,15,23H,1-4H3,(H,22,24). The fraction of sp³-hybridized carbons (Fsp3) is 0.300. The number of para-hydroxylation sites is 1. The van der Waals surface area contributed by atoms with E-state index < -0.39 is 6.10 Å². The molecule has 0 aliphatic heterocycles. The molecule has 0 fully saturated rings. The Kier molecular flexibility index (Phi) is 6.17. The van der Waals surface area contributed by atoms with E-state index in [4.69, 9.17) is 4.74 Å². The van der Waals surface area contributed by atoms with Gasteiger partial charge in [-0.2, -0.15) is 5.10 Å². The second-order valence-electron chi connectivity index (χ2n) is 6.23. The number of hydrogen-bond donors (Lipinski definition) is 2. The van der Waals surface area contributed by atoms with E-state index in [1.165, 1.54) is 6.21 Å². The van der Waals surface area contributed by atoms with E-state index in [9.17, 15) is 9.90 Å². The number of hydrogen-bond acceptors (Lipinski definition) is 4. The highest BCUT2D eigenvalue weighted by atomic mass is 16.5. The molecule has 0 saturated carbocycles. The highest BCUT2D eigenvalue weighted by Crippen LogP contribution is 2.25. The molecule has 0 aromatic heterocycles. The van der Waals surface area contributed by atoms with Gasteiger partial charge in [0.05, 0.1) is 6.21 Å². The monoisotopic (exact) mass is 340 g/mol. The summed E-state index contributed by atoms with van der Waals surface area (Å²) in [6.07, 6.45) is 0.701. The lowest BCUT2D eigenvalue weighted by atomic mass is 10.0. The molecule has 0 radical (unpaired) electrons. The molecule has 0 heterocycles. The molecule has 0 aliphatic carbocycles. The number of ether oxygens (including phenoxy) is 1. The van der Waals surface area contributed by atoms with Gasteiger partial charge in [-0.25, -0.2) is 5.43 Å². The van der Waals surface area contributed by atoms with E-state index in [1.807, 2.05) is 19.1 Å². The van der Waals surface area contributed by atoms with Crippen molar-refractivity contribution in [2.45, 2.75) is 39.7 Å². The van der Waals surface area contributed by atoms with Gasteiger partial charge in [0.25, 0.3) is 5.91 Å². The second-order valence-corrected chi connectivity index (χ2v) is 6.23. The molecule has 2 aromatic rings. The molecule has 2 aromatic carbocycles. The lowest BCUT2D eigenvalue weighted by molar-refractivity contribution is -0.127. The Hall–Kier alpha value is -2.82. The van der Waals surface area contributed by atoms with E-state index in [0.29, 0.717) is 17.2 Å². The molecule has 132 valence electrons. The third-order valence-corrected chi connectivity index (χ3v) is 3.87. The van der Waals surface area contributed by atoms with Crippen LogP contribution in [0.5, 0.6) is 11.5 Å². The van der Waals surface area contributed by atoms with Crippen LogP contribution in [0.2, 0.25) is 0 Å². The lowest BCUT2D eigenvalue weighted by Crippen LogP contribution is -2.33. The SMILES string of the molecule is Cc1ccc(C(C)C)cc1OC(C)C(=O)NN=Cc1ccccc1O. The third-order valence-electron chi connectivity index (χ3n) is 3.87. The molecule has 5 nitrogen and oxygen atoms in total. The number of nitrogens with one attached hydrogen (secondary N) is 1. The number of rotatable bonds is 6. The van der Waals surface area contributed by atoms with Gasteiger partial charge in [-0.1, -0.05) is 38.1 Å². The number of carbonyl (C=O) groups is 1. The number of phenolic OH excluding ortho intramolecular Hbond substituents is 1. The summed E-state index contributed by atoms with van der Waals surface area (Å²) in [6, 6.07) is 12.8. The predicted octanol–water partition coefficient (Wildman–Crippen LogP) is 3.74. The lowest BCUT2D eigenvalue weighted by Gasteiger charge is -2.16. The smallest absolute Gasteiger partial charge is 0.280 e. The molecule has 1 unspecified atom stereocenters. The summed E-state index contributed by atoms with van der Waals surface area (Å²) in [6.45, 7) is 7.84. The molecule has 0 spiro atoms. The van der Waals surface area contributed by atoms with E-state index in [0.717, 1.165) is 11.1 Å². The summed E-state index contributed by atoms with van der Waals surface area (Å²) in [5, 5.41) is 13.5. The van der Waals surface area contributed by atoms with Crippen molar-refractivity contribution in [2.75, 3.05) is 0 Å². The Bertz CT molecular complexity index is 769. The van der Waals surface area contributed by atoms with Crippen LogP contribution in [0.15, 0.2) is 47.6 Å². The van der Waals surface area contributed by atoms with Crippen LogP contribution in [0.25, 0.3) is 0 Å². The first-order valence-corrected chi connectivity index (χ1v) is 8.26. The molecule has 1 atom stereocenters. The summed E-state index contributed by atoms with van der Waals surface area (Å²) in [5.41, 5.74) is 5.09. The number of aromatic hydroxyl groups is 1. The van der Waals surface area contributed by atoms with Crippen molar-refractivity contribution in [1.82, 2.24) is 5.43 Å². The zero-order valence-electron chi connectivity index (χ0n) is 15.0. The highest BCUT2D eigenvalue weighted by molar-refractivity contribution is 5.86. The summed E-state index contributed by atoms with van der Waals surface area (Å²) in [5.74, 6) is 0.820. The number of carbonyl (C=O) groups excluding carboxylic acids is 1. The molecular weight excluding hydrogens is 316 g/mol. The first-order valence-electron chi connectivity index (χ1n) is 8.26. The quantitative estimate of drug-likeness (QED) is 0.621. The largest absolute Gasteiger partial charge is 0.507 e. The molecule has 1 amide bonds. The van der Waals surface area contributed by atoms with Gasteiger partial charge in [0, 0.05) is 5.56 Å². The topological polar surface area (TPSA) is 70.9 Å². The Morgan fingerprint density at radius 1 is 1.20 bits per heavy atom. The van der Waals surface area contributed by atoms with E-state index in [-0.39, 0.29) is 11.7 Å². The van der Waals surface area contributed by atoms with E-state index >= 15 is 0 Å². The van der Waals surface area contributed by atoms with Gasteiger partial charge in [-0.05, 0) is 49.1 Å². The number of hydrazone groups is 1. The van der Waals surface area contributed by atoms with Crippen molar-refractivity contribution in [3.63, 3.8) is 0 Å². The molecule has 25 heavy (non-hydrogen) atoms. The summed E-state index contributed by atoms with van der Waals surface area (Å²) >= 11 is 0. The zero-order valence-corrected chi connectivity index (χ0v) is 15.0. The van der Waals surface area contributed by atoms with E-state index in [1.54, 1.807) is 31.2 Å². The molecule has 0 aliphatic rings. The minimum atomic E-state index is -0.692. The maximum absolute atomic E-state index is 12.1. The van der Waals surface area contributed by atoms with Gasteiger partial charge in [0.15, 0.2) is 6.10 Å². The highest BCUT2D eigenvalue weighted by Gasteiger charge is 2.16. The molecule has 2 N–H and O–H groups in total. The summed E-state index contributed by atoms with van der Waals surface area (Å²) < 4.78 is 5.79. The van der Waals surface area contributed by atoms with Gasteiger partial charge in [-0.3, -0.25) is 4.79 Å². The Balaban J connectivity index is 1.99. The Morgan fingerprint density at radius 2 is 1.92 bits per heavy atom. The second kappa shape index (κ2) is 8.33. The minimum absolute atomic E-state index is 0.103. The number of aryl methyl sites for hydroxylation is 1. The maximum Gasteiger partial charge on any atom is 0.280 e. The molecule has 2 rings (SSSR count). The van der Waals surface area contributed by atoms with Crippen LogP contribution in [0.3, 0.4) is 0 Å². The fourth-order valence-corrected chi connectivity index (χ4v) is 2.20. The van der Waals surface area contributed by atoms with Gasteiger partial charge < -0.3 is 9.84 Å². The van der Waals surface area contributed by atoms with Crippen molar-refractivity contribution in [1.29, 1.82) is 0 Å². The number of phenols is 1. The van der Waals surface area contributed by atoms with Crippen LogP contribution in [0.1, 0.15) is 43.4 Å². The first-order chi connectivity index (χ1) is 11.9. The van der Waals surface area contributed by atoms with Crippen LogP contribution >= 0.6 is 0 Å². The van der Waals surface area contributed by atoms with Crippen molar-refractivity contribution < 1.29 is 14.6 Å². The Labute approximate surface area is 148 Å². The van der Waals surface area contributed by atoms with Crippen LogP contribution < -0.4 is 10.2 Å². The summed E-state index contributed by atoms with van der Waals surface area (Å²) in [4.78, 5) is 12.1. The van der Waals surface area contributed by atoms with Gasteiger partial charge >= 0.3 is 0 Å². The van der Waals surface area contributed by atoms with E-state index in [2.05, 4.69) is 30.4 Å². The van der Waals surface area contributed by atoms with Crippen LogP contribution in [0, 0.1) is 6.92 Å². The molecule has 5 heteroatoms. The molecule has 0 bridgehead atoms. The third kappa shape index (κ3) is 5.08. The number of nitrogens with zero attached hydrogens (tertiary/aromatic N) is 1. The first kappa shape index (κ1) is 18.5. The van der Waals surface area contributed by atoms with Crippen molar-refractivity contribution in [3.8, 4) is 11.5 Å². The molecular formula is C20H24N2O3. The van der Waals surface area contributed by atoms with Gasteiger partial charge in [0.2, 0.25) is 0 Å². The van der Waals surface area contributed by atoms with Crippen LogP contribution in [-0.4, -0.2) is 23.3 Å². The number of benzene rings is 2. The maximum atomic E-state index is 12.1. The van der Waals surface area contributed by atoms with Gasteiger partial charge in [0.1, 0.15) is 11.5 Å². The normalized spacial score (nSPS) is 12.4. The van der Waals surface area contributed by atoms with Crippen molar-refractivity contribution in [3.05, 3.63) is 59.2 Å². The fourth-order valence-electron chi connectivity index (χ4n) is 2.20. The molecule has 0 saturated heterocycles. The average Bonchev–Trinajstić information content (AvgIpc) is 2.58. The average molecular weight is 340 g/mol. The zero-order chi connectivity index (χ0) is 18.4. The van der Waals surface area contributed by atoms with Gasteiger partial charge in [-0.15, -0.1) is 0 Å².